The van der Waals surface area contributed by atoms with E-state index in [1.807, 2.05) is 11.8 Å². The number of piperidine rings is 1. The van der Waals surface area contributed by atoms with Crippen molar-refractivity contribution < 1.29 is 18.0 Å². The van der Waals surface area contributed by atoms with Crippen molar-refractivity contribution in [3.63, 3.8) is 0 Å². The molecule has 0 radical (unpaired) electrons. The Balaban J connectivity index is 1.50. The maximum Gasteiger partial charge on any atom is 0.431 e. The van der Waals surface area contributed by atoms with Gasteiger partial charge in [0.15, 0.2) is 5.43 Å². The molecule has 2 aromatic rings. The van der Waals surface area contributed by atoms with Crippen LogP contribution in [0.3, 0.4) is 0 Å². The Labute approximate surface area is 163 Å². The molecule has 2 aromatic heterocycles. The van der Waals surface area contributed by atoms with Crippen molar-refractivity contribution in [1.82, 2.24) is 30.9 Å². The quantitative estimate of drug-likeness (QED) is 0.690. The van der Waals surface area contributed by atoms with E-state index in [0.717, 1.165) is 19.2 Å². The summed E-state index contributed by atoms with van der Waals surface area (Å²) in [5.74, 6) is 0.364. The number of rotatable bonds is 4. The predicted molar refractivity (Wildman–Crippen MR) is 95.1 cm³/mol. The minimum atomic E-state index is -4.65. The third kappa shape index (κ3) is 3.70. The minimum Gasteiger partial charge on any atom is -0.357 e. The summed E-state index contributed by atoms with van der Waals surface area (Å²) in [5.41, 5.74) is -2.91. The molecule has 3 heterocycles. The summed E-state index contributed by atoms with van der Waals surface area (Å²) in [6.07, 6.45) is -2.05. The number of aromatic amines is 2. The van der Waals surface area contributed by atoms with Gasteiger partial charge < -0.3 is 15.2 Å². The molecule has 2 atom stereocenters. The first-order chi connectivity index (χ1) is 13.7. The number of nitrogens with zero attached hydrogens (tertiary/aromatic N) is 4. The van der Waals surface area contributed by atoms with Gasteiger partial charge in [-0.3, -0.25) is 9.59 Å². The first-order valence-electron chi connectivity index (χ1n) is 9.29. The number of pyridine rings is 1. The molecule has 9 nitrogen and oxygen atoms in total. The molecule has 1 amide bonds. The standard InChI is InChI=1S/C17H20F3N7O2/c1-9-4-10(8-27(7-9)15-23-25-26-24-15)22-14(29)16(2-3-16)11-6-21-13(5-12(11)28)17(18,19)20/h5-6,9-10H,2-4,7-8H2,1H3,(H,21,28)(H,22,29)(H,23,24,25,26)/t9-,10+/m0/s1. The third-order valence-electron chi connectivity index (χ3n) is 5.53. The van der Waals surface area contributed by atoms with Gasteiger partial charge in [0, 0.05) is 37.0 Å². The van der Waals surface area contributed by atoms with Gasteiger partial charge in [-0.15, -0.1) is 5.10 Å². The molecule has 156 valence electrons. The van der Waals surface area contributed by atoms with Gasteiger partial charge in [0.1, 0.15) is 5.69 Å². The van der Waals surface area contributed by atoms with Crippen LogP contribution >= 0.6 is 0 Å². The van der Waals surface area contributed by atoms with Gasteiger partial charge in [0.25, 0.3) is 5.95 Å². The molecule has 1 aliphatic heterocycles. The molecule has 2 fully saturated rings. The maximum absolute atomic E-state index is 13.0. The van der Waals surface area contributed by atoms with E-state index in [1.165, 1.54) is 0 Å². The van der Waals surface area contributed by atoms with E-state index in [4.69, 9.17) is 0 Å². The first kappa shape index (κ1) is 19.4. The monoisotopic (exact) mass is 411 g/mol. The van der Waals surface area contributed by atoms with Crippen LogP contribution in [0.4, 0.5) is 19.1 Å². The van der Waals surface area contributed by atoms with Crippen LogP contribution in [0.2, 0.25) is 0 Å². The summed E-state index contributed by atoms with van der Waals surface area (Å²) >= 11 is 0. The SMILES string of the molecule is C[C@H]1C[C@@H](NC(=O)C2(c3c[nH]c(C(F)(F)F)cc3=O)CC2)CN(c2nn[nH]n2)C1. The summed E-state index contributed by atoms with van der Waals surface area (Å²) in [5, 5.41) is 16.8. The van der Waals surface area contributed by atoms with E-state index in [1.54, 1.807) is 0 Å². The second-order valence-corrected chi connectivity index (χ2v) is 7.83. The zero-order valence-corrected chi connectivity index (χ0v) is 15.6. The van der Waals surface area contributed by atoms with Crippen LogP contribution in [0.1, 0.15) is 37.4 Å². The van der Waals surface area contributed by atoms with Gasteiger partial charge >= 0.3 is 6.18 Å². The van der Waals surface area contributed by atoms with Crippen molar-refractivity contribution in [2.75, 3.05) is 18.0 Å². The highest BCUT2D eigenvalue weighted by Gasteiger charge is 2.53. The Morgan fingerprint density at radius 1 is 1.34 bits per heavy atom. The summed E-state index contributed by atoms with van der Waals surface area (Å²) in [7, 11) is 0. The van der Waals surface area contributed by atoms with Crippen molar-refractivity contribution in [1.29, 1.82) is 0 Å². The molecule has 1 aliphatic carbocycles. The smallest absolute Gasteiger partial charge is 0.357 e. The van der Waals surface area contributed by atoms with Gasteiger partial charge in [-0.1, -0.05) is 12.0 Å². The van der Waals surface area contributed by atoms with E-state index >= 15 is 0 Å². The van der Waals surface area contributed by atoms with Gasteiger partial charge in [-0.05, 0) is 30.4 Å². The number of amides is 1. The Bertz CT molecular complexity index is 953. The molecule has 0 spiro atoms. The lowest BCUT2D eigenvalue weighted by Gasteiger charge is -2.36. The highest BCUT2D eigenvalue weighted by Crippen LogP contribution is 2.47. The van der Waals surface area contributed by atoms with E-state index in [0.29, 0.717) is 31.4 Å². The Kier molecular flexibility index (Phi) is 4.58. The lowest BCUT2D eigenvalue weighted by atomic mass is 9.92. The molecule has 0 bridgehead atoms. The van der Waals surface area contributed by atoms with E-state index < -0.39 is 22.7 Å². The summed E-state index contributed by atoms with van der Waals surface area (Å²) in [6, 6.07) is 0.319. The van der Waals surface area contributed by atoms with Crippen molar-refractivity contribution in [2.45, 2.75) is 43.8 Å². The Hall–Kier alpha value is -2.92. The summed E-state index contributed by atoms with van der Waals surface area (Å²) < 4.78 is 38.4. The fourth-order valence-corrected chi connectivity index (χ4v) is 3.99. The minimum absolute atomic E-state index is 0.0712. The number of alkyl halides is 3. The molecule has 4 rings (SSSR count). The highest BCUT2D eigenvalue weighted by molar-refractivity contribution is 5.91. The number of anilines is 1. The highest BCUT2D eigenvalue weighted by atomic mass is 19.4. The van der Waals surface area contributed by atoms with Gasteiger partial charge in [-0.25, -0.2) is 0 Å². The number of aromatic nitrogens is 5. The number of H-pyrrole nitrogens is 2. The summed E-state index contributed by atoms with van der Waals surface area (Å²) in [4.78, 5) is 29.3. The van der Waals surface area contributed by atoms with Crippen LogP contribution in [-0.2, 0) is 16.4 Å². The normalized spacial score (nSPS) is 23.7. The Morgan fingerprint density at radius 2 is 2.10 bits per heavy atom. The van der Waals surface area contributed by atoms with E-state index in [2.05, 4.69) is 30.9 Å². The number of hydrogen-bond acceptors (Lipinski definition) is 6. The second-order valence-electron chi connectivity index (χ2n) is 7.83. The molecule has 2 aliphatic rings. The molecule has 1 saturated heterocycles. The molecule has 3 N–H and O–H groups in total. The van der Waals surface area contributed by atoms with Crippen LogP contribution < -0.4 is 15.6 Å². The van der Waals surface area contributed by atoms with Gasteiger partial charge in [-0.2, -0.15) is 18.4 Å². The molecule has 12 heteroatoms. The van der Waals surface area contributed by atoms with Crippen molar-refractivity contribution in [3.05, 3.63) is 33.7 Å². The summed E-state index contributed by atoms with van der Waals surface area (Å²) in [6.45, 7) is 3.24. The van der Waals surface area contributed by atoms with Crippen LogP contribution in [0.15, 0.2) is 17.1 Å². The average Bonchev–Trinajstić information content (AvgIpc) is 3.26. The molecule has 29 heavy (non-hydrogen) atoms. The zero-order valence-electron chi connectivity index (χ0n) is 15.6. The zero-order chi connectivity index (χ0) is 20.8. The number of nitrogens with one attached hydrogen (secondary N) is 3. The maximum atomic E-state index is 13.0. The number of hydrogen-bond donors (Lipinski definition) is 3. The van der Waals surface area contributed by atoms with Crippen molar-refractivity contribution in [3.8, 4) is 0 Å². The molecule has 0 aromatic carbocycles. The second kappa shape index (κ2) is 6.85. The average molecular weight is 411 g/mol. The van der Waals surface area contributed by atoms with E-state index in [9.17, 15) is 22.8 Å². The third-order valence-corrected chi connectivity index (χ3v) is 5.53. The van der Waals surface area contributed by atoms with Gasteiger partial charge in [0.2, 0.25) is 5.91 Å². The van der Waals surface area contributed by atoms with Crippen LogP contribution in [0.25, 0.3) is 0 Å². The number of carbonyl (C=O) groups excluding carboxylic acids is 1. The fourth-order valence-electron chi connectivity index (χ4n) is 3.99. The van der Waals surface area contributed by atoms with Gasteiger partial charge in [0.05, 0.1) is 5.41 Å². The molecule has 0 unspecified atom stereocenters. The lowest BCUT2D eigenvalue weighted by molar-refractivity contribution is -0.141. The van der Waals surface area contributed by atoms with Crippen LogP contribution in [0.5, 0.6) is 0 Å². The number of carbonyl (C=O) groups is 1. The van der Waals surface area contributed by atoms with Crippen molar-refractivity contribution in [2.24, 2.45) is 5.92 Å². The first-order valence-corrected chi connectivity index (χ1v) is 9.29. The van der Waals surface area contributed by atoms with Crippen LogP contribution in [-0.4, -0.2) is 50.6 Å². The molecular formula is C17H20F3N7O2. The number of halogens is 3. The molecular weight excluding hydrogens is 391 g/mol. The largest absolute Gasteiger partial charge is 0.431 e. The van der Waals surface area contributed by atoms with Crippen LogP contribution in [0, 0.1) is 5.92 Å². The Morgan fingerprint density at radius 3 is 2.69 bits per heavy atom. The van der Waals surface area contributed by atoms with E-state index in [-0.39, 0.29) is 23.4 Å². The lowest BCUT2D eigenvalue weighted by Crippen LogP contribution is -2.53. The predicted octanol–water partition coefficient (Wildman–Crippen LogP) is 0.970. The fraction of sp³-hybridized carbons (Fsp3) is 0.588. The number of tetrazole rings is 1. The topological polar surface area (TPSA) is 120 Å². The molecule has 1 saturated carbocycles. The van der Waals surface area contributed by atoms with Crippen molar-refractivity contribution >= 4 is 11.9 Å².